The van der Waals surface area contributed by atoms with E-state index in [2.05, 4.69) is 12.1 Å². The molecule has 2 aromatic rings. The minimum atomic E-state index is -0.737. The van der Waals surface area contributed by atoms with Gasteiger partial charge in [0.1, 0.15) is 6.10 Å². The Morgan fingerprint density at radius 1 is 1.00 bits per heavy atom. The van der Waals surface area contributed by atoms with E-state index in [9.17, 15) is 5.11 Å². The fourth-order valence-corrected chi connectivity index (χ4v) is 2.69. The molecule has 1 atom stereocenters. The molecule has 0 aromatic heterocycles. The average Bonchev–Trinajstić information content (AvgIpc) is 3.26. The maximum Gasteiger partial charge on any atom is 0.106 e. The molecule has 0 aliphatic heterocycles. The van der Waals surface area contributed by atoms with Gasteiger partial charge in [0.2, 0.25) is 0 Å². The largest absolute Gasteiger partial charge is 0.384 e. The van der Waals surface area contributed by atoms with Gasteiger partial charge in [-0.25, -0.2) is 0 Å². The highest BCUT2D eigenvalue weighted by molar-refractivity contribution is 6.42. The second-order valence-corrected chi connectivity index (χ2v) is 5.77. The number of halogens is 2. The van der Waals surface area contributed by atoms with Gasteiger partial charge in [-0.2, -0.15) is 0 Å². The molecule has 19 heavy (non-hydrogen) atoms. The van der Waals surface area contributed by atoms with Gasteiger partial charge in [0, 0.05) is 5.56 Å². The molecule has 3 heteroatoms. The Morgan fingerprint density at radius 3 is 2.32 bits per heavy atom. The Balaban J connectivity index is 1.90. The topological polar surface area (TPSA) is 20.2 Å². The number of aliphatic hydroxyl groups excluding tert-OH is 1. The van der Waals surface area contributed by atoms with Crippen LogP contribution >= 0.6 is 23.2 Å². The van der Waals surface area contributed by atoms with Crippen LogP contribution in [0.3, 0.4) is 0 Å². The molecule has 0 amide bonds. The summed E-state index contributed by atoms with van der Waals surface area (Å²) in [6.45, 7) is 0. The first-order chi connectivity index (χ1) is 9.16. The van der Waals surface area contributed by atoms with Crippen LogP contribution in [0.1, 0.15) is 41.6 Å². The summed E-state index contributed by atoms with van der Waals surface area (Å²) in [5, 5.41) is 11.3. The Bertz CT molecular complexity index is 588. The summed E-state index contributed by atoms with van der Waals surface area (Å²) in [7, 11) is 0. The quantitative estimate of drug-likeness (QED) is 0.848. The van der Waals surface area contributed by atoms with Gasteiger partial charge in [-0.05, 0) is 36.0 Å². The van der Waals surface area contributed by atoms with Crippen molar-refractivity contribution >= 4 is 23.2 Å². The van der Waals surface area contributed by atoms with Crippen molar-refractivity contribution in [2.24, 2.45) is 0 Å². The summed E-state index contributed by atoms with van der Waals surface area (Å²) in [4.78, 5) is 0. The summed E-state index contributed by atoms with van der Waals surface area (Å²) in [6, 6.07) is 13.4. The van der Waals surface area contributed by atoms with Crippen molar-refractivity contribution in [2.45, 2.75) is 24.9 Å². The second-order valence-electron chi connectivity index (χ2n) is 4.99. The lowest BCUT2D eigenvalue weighted by Crippen LogP contribution is -2.00. The molecule has 98 valence electrons. The monoisotopic (exact) mass is 292 g/mol. The van der Waals surface area contributed by atoms with Crippen molar-refractivity contribution in [2.75, 3.05) is 0 Å². The fraction of sp³-hybridized carbons (Fsp3) is 0.250. The summed E-state index contributed by atoms with van der Waals surface area (Å²) in [5.74, 6) is 0.723. The molecule has 0 spiro atoms. The maximum absolute atomic E-state index is 10.4. The predicted molar refractivity (Wildman–Crippen MR) is 78.9 cm³/mol. The molecule has 1 N–H and O–H groups in total. The standard InChI is InChI=1S/C16H14Cl2O/c17-14-3-1-2-13(15(14)18)16(19)12-8-6-11(7-9-12)10-4-5-10/h1-3,6-10,16,19H,4-5H2. The molecule has 0 saturated heterocycles. The number of rotatable bonds is 3. The van der Waals surface area contributed by atoms with Gasteiger partial charge in [0.15, 0.2) is 0 Å². The van der Waals surface area contributed by atoms with Crippen molar-refractivity contribution in [3.05, 3.63) is 69.2 Å². The summed E-state index contributed by atoms with van der Waals surface area (Å²) in [5.41, 5.74) is 2.84. The fourth-order valence-electron chi connectivity index (χ4n) is 2.28. The molecular formula is C16H14Cl2O. The first-order valence-corrected chi connectivity index (χ1v) is 7.14. The van der Waals surface area contributed by atoms with E-state index in [4.69, 9.17) is 23.2 Å². The summed E-state index contributed by atoms with van der Waals surface area (Å²) >= 11 is 12.1. The summed E-state index contributed by atoms with van der Waals surface area (Å²) in [6.07, 6.45) is 1.82. The Labute approximate surface area is 122 Å². The highest BCUT2D eigenvalue weighted by atomic mass is 35.5. The second kappa shape index (κ2) is 5.16. The third-order valence-electron chi connectivity index (χ3n) is 3.58. The van der Waals surface area contributed by atoms with Gasteiger partial charge in [-0.15, -0.1) is 0 Å². The van der Waals surface area contributed by atoms with Gasteiger partial charge in [0.05, 0.1) is 10.0 Å². The van der Waals surface area contributed by atoms with E-state index in [1.807, 2.05) is 12.1 Å². The molecule has 1 aliphatic rings. The molecule has 1 nitrogen and oxygen atoms in total. The van der Waals surface area contributed by atoms with Crippen LogP contribution in [-0.2, 0) is 0 Å². The number of aliphatic hydroxyl groups is 1. The van der Waals surface area contributed by atoms with Crippen LogP contribution in [0.15, 0.2) is 42.5 Å². The molecule has 0 heterocycles. The van der Waals surface area contributed by atoms with Crippen molar-refractivity contribution in [3.8, 4) is 0 Å². The van der Waals surface area contributed by atoms with E-state index >= 15 is 0 Å². The summed E-state index contributed by atoms with van der Waals surface area (Å²) < 4.78 is 0. The zero-order valence-electron chi connectivity index (χ0n) is 10.3. The molecule has 3 rings (SSSR count). The zero-order valence-corrected chi connectivity index (χ0v) is 11.8. The highest BCUT2D eigenvalue weighted by Gasteiger charge is 2.23. The molecule has 1 unspecified atom stereocenters. The van der Waals surface area contributed by atoms with E-state index in [0.717, 1.165) is 11.5 Å². The average molecular weight is 293 g/mol. The Kier molecular flexibility index (Phi) is 3.53. The van der Waals surface area contributed by atoms with Gasteiger partial charge in [-0.1, -0.05) is 59.6 Å². The lowest BCUT2D eigenvalue weighted by molar-refractivity contribution is 0.220. The number of hydrogen-bond donors (Lipinski definition) is 1. The first-order valence-electron chi connectivity index (χ1n) is 6.38. The smallest absolute Gasteiger partial charge is 0.106 e. The van der Waals surface area contributed by atoms with Gasteiger partial charge in [-0.3, -0.25) is 0 Å². The third kappa shape index (κ3) is 2.64. The zero-order chi connectivity index (χ0) is 13.4. The van der Waals surface area contributed by atoms with E-state index in [-0.39, 0.29) is 0 Å². The SMILES string of the molecule is OC(c1ccc(C2CC2)cc1)c1cccc(Cl)c1Cl. The van der Waals surface area contributed by atoms with E-state index in [0.29, 0.717) is 15.6 Å². The minimum Gasteiger partial charge on any atom is -0.384 e. The van der Waals surface area contributed by atoms with Crippen molar-refractivity contribution in [1.82, 2.24) is 0 Å². The molecule has 0 radical (unpaired) electrons. The van der Waals surface area contributed by atoms with Crippen LogP contribution in [0.5, 0.6) is 0 Å². The third-order valence-corrected chi connectivity index (χ3v) is 4.41. The van der Waals surface area contributed by atoms with Crippen LogP contribution in [0.2, 0.25) is 10.0 Å². The molecular weight excluding hydrogens is 279 g/mol. The highest BCUT2D eigenvalue weighted by Crippen LogP contribution is 2.40. The van der Waals surface area contributed by atoms with Gasteiger partial charge >= 0.3 is 0 Å². The van der Waals surface area contributed by atoms with Crippen LogP contribution in [0.25, 0.3) is 0 Å². The Morgan fingerprint density at radius 2 is 1.68 bits per heavy atom. The van der Waals surface area contributed by atoms with Gasteiger partial charge in [0.25, 0.3) is 0 Å². The van der Waals surface area contributed by atoms with Gasteiger partial charge < -0.3 is 5.11 Å². The molecule has 0 bridgehead atoms. The van der Waals surface area contributed by atoms with Crippen molar-refractivity contribution in [1.29, 1.82) is 0 Å². The Hall–Kier alpha value is -1.02. The molecule has 2 aromatic carbocycles. The normalized spacial score (nSPS) is 16.4. The molecule has 1 fully saturated rings. The van der Waals surface area contributed by atoms with E-state index in [1.165, 1.54) is 18.4 Å². The lowest BCUT2D eigenvalue weighted by Gasteiger charge is -2.14. The van der Waals surface area contributed by atoms with Crippen LogP contribution in [-0.4, -0.2) is 5.11 Å². The first kappa shape index (κ1) is 13.0. The van der Waals surface area contributed by atoms with Crippen LogP contribution < -0.4 is 0 Å². The van der Waals surface area contributed by atoms with Crippen molar-refractivity contribution < 1.29 is 5.11 Å². The van der Waals surface area contributed by atoms with Crippen molar-refractivity contribution in [3.63, 3.8) is 0 Å². The van der Waals surface area contributed by atoms with Crippen LogP contribution in [0, 0.1) is 0 Å². The molecule has 1 aliphatic carbocycles. The molecule has 1 saturated carbocycles. The van der Waals surface area contributed by atoms with E-state index in [1.54, 1.807) is 18.2 Å². The lowest BCUT2D eigenvalue weighted by atomic mass is 9.99. The van der Waals surface area contributed by atoms with E-state index < -0.39 is 6.10 Å². The maximum atomic E-state index is 10.4. The predicted octanol–water partition coefficient (Wildman–Crippen LogP) is 4.95. The van der Waals surface area contributed by atoms with Crippen LogP contribution in [0.4, 0.5) is 0 Å². The minimum absolute atomic E-state index is 0.419. The number of benzene rings is 2. The number of hydrogen-bond acceptors (Lipinski definition) is 1.